The van der Waals surface area contributed by atoms with Crippen LogP contribution < -0.4 is 5.32 Å². The van der Waals surface area contributed by atoms with Crippen molar-refractivity contribution >= 4 is 6.29 Å². The number of alkyl halides is 3. The van der Waals surface area contributed by atoms with Crippen molar-refractivity contribution in [3.8, 4) is 0 Å². The SMILES string of the molecule is O=CC1=CC=CC(C(F)(F)F)(C2(N3CCN(Cc4ccccc4)CC3)CCOC3(CCCC3)C2)N1. The minimum Gasteiger partial charge on any atom is -0.375 e. The zero-order valence-electron chi connectivity index (χ0n) is 20.0. The molecular weight excluding hydrogens is 455 g/mol. The summed E-state index contributed by atoms with van der Waals surface area (Å²) in [6.45, 7) is 3.54. The lowest BCUT2D eigenvalue weighted by atomic mass is 9.64. The van der Waals surface area contributed by atoms with E-state index in [0.29, 0.717) is 38.9 Å². The van der Waals surface area contributed by atoms with Gasteiger partial charge in [-0.25, -0.2) is 0 Å². The number of carbonyl (C=O) groups is 1. The fourth-order valence-corrected chi connectivity index (χ4v) is 6.86. The maximum absolute atomic E-state index is 15.2. The van der Waals surface area contributed by atoms with E-state index in [0.717, 1.165) is 32.2 Å². The number of benzene rings is 1. The van der Waals surface area contributed by atoms with Gasteiger partial charge in [-0.3, -0.25) is 14.6 Å². The van der Waals surface area contributed by atoms with Crippen molar-refractivity contribution in [2.75, 3.05) is 32.8 Å². The van der Waals surface area contributed by atoms with Gasteiger partial charge in [0.25, 0.3) is 0 Å². The van der Waals surface area contributed by atoms with E-state index in [1.54, 1.807) is 0 Å². The van der Waals surface area contributed by atoms with Crippen LogP contribution in [0.15, 0.2) is 54.3 Å². The molecule has 1 aromatic carbocycles. The van der Waals surface area contributed by atoms with E-state index in [9.17, 15) is 4.79 Å². The molecule has 1 N–H and O–H groups in total. The minimum absolute atomic E-state index is 0.0288. The summed E-state index contributed by atoms with van der Waals surface area (Å²) in [6, 6.07) is 10.2. The van der Waals surface area contributed by atoms with Crippen molar-refractivity contribution in [2.24, 2.45) is 0 Å². The number of hydrogen-bond donors (Lipinski definition) is 1. The molecule has 3 aliphatic heterocycles. The Hall–Kier alpha value is -2.16. The molecule has 190 valence electrons. The van der Waals surface area contributed by atoms with Crippen LogP contribution in [-0.2, 0) is 16.1 Å². The van der Waals surface area contributed by atoms with Crippen LogP contribution in [0.4, 0.5) is 13.2 Å². The van der Waals surface area contributed by atoms with Crippen LogP contribution in [0, 0.1) is 0 Å². The molecule has 2 atom stereocenters. The maximum atomic E-state index is 15.2. The van der Waals surface area contributed by atoms with Gasteiger partial charge in [-0.05, 0) is 43.4 Å². The number of hydrogen-bond acceptors (Lipinski definition) is 5. The zero-order valence-corrected chi connectivity index (χ0v) is 20.0. The van der Waals surface area contributed by atoms with Crippen molar-refractivity contribution in [2.45, 2.75) is 67.9 Å². The summed E-state index contributed by atoms with van der Waals surface area (Å²) in [6.07, 6.45) is 4.07. The third-order valence-electron chi connectivity index (χ3n) is 8.55. The van der Waals surface area contributed by atoms with Crippen LogP contribution in [0.2, 0.25) is 0 Å². The van der Waals surface area contributed by atoms with Gasteiger partial charge >= 0.3 is 6.18 Å². The molecule has 0 radical (unpaired) electrons. The van der Waals surface area contributed by atoms with E-state index in [1.165, 1.54) is 23.8 Å². The maximum Gasteiger partial charge on any atom is 0.416 e. The summed E-state index contributed by atoms with van der Waals surface area (Å²) < 4.78 is 51.8. The number of aldehydes is 1. The summed E-state index contributed by atoms with van der Waals surface area (Å²) in [5.41, 5.74) is -2.96. The van der Waals surface area contributed by atoms with Gasteiger partial charge in [0, 0.05) is 39.3 Å². The van der Waals surface area contributed by atoms with Gasteiger partial charge in [0.15, 0.2) is 11.8 Å². The zero-order chi connectivity index (χ0) is 24.6. The Kier molecular flexibility index (Phi) is 6.57. The van der Waals surface area contributed by atoms with E-state index < -0.39 is 22.9 Å². The van der Waals surface area contributed by atoms with Crippen molar-refractivity contribution in [1.29, 1.82) is 0 Å². The highest BCUT2D eigenvalue weighted by molar-refractivity contribution is 5.74. The van der Waals surface area contributed by atoms with Crippen LogP contribution in [0.3, 0.4) is 0 Å². The van der Waals surface area contributed by atoms with Crippen molar-refractivity contribution in [3.63, 3.8) is 0 Å². The molecule has 1 saturated carbocycles. The summed E-state index contributed by atoms with van der Waals surface area (Å²) in [4.78, 5) is 16.0. The molecule has 3 fully saturated rings. The standard InChI is InChI=1S/C27H34F3N3O2/c28-27(29,30)26(12-6-9-23(20-34)31-26)25(13-18-35-24(21-25)10-4-5-11-24)33-16-14-32(15-17-33)19-22-7-2-1-3-8-22/h1-3,6-9,12,20,31H,4-5,10-11,13-19,21H2. The second-order valence-electron chi connectivity index (χ2n) is 10.5. The number of nitrogens with one attached hydrogen (secondary N) is 1. The predicted molar refractivity (Wildman–Crippen MR) is 128 cm³/mol. The highest BCUT2D eigenvalue weighted by Crippen LogP contribution is 2.55. The largest absolute Gasteiger partial charge is 0.416 e. The van der Waals surface area contributed by atoms with Gasteiger partial charge in [0.05, 0.1) is 16.8 Å². The lowest BCUT2D eigenvalue weighted by Gasteiger charge is -2.62. The summed E-state index contributed by atoms with van der Waals surface area (Å²) in [7, 11) is 0. The number of nitrogens with zero attached hydrogens (tertiary/aromatic N) is 2. The molecule has 1 spiro atoms. The second kappa shape index (κ2) is 9.37. The molecule has 35 heavy (non-hydrogen) atoms. The Balaban J connectivity index is 1.48. The fourth-order valence-electron chi connectivity index (χ4n) is 6.86. The van der Waals surface area contributed by atoms with E-state index in [2.05, 4.69) is 27.2 Å². The van der Waals surface area contributed by atoms with E-state index >= 15 is 13.2 Å². The van der Waals surface area contributed by atoms with Crippen LogP contribution in [0.1, 0.15) is 44.1 Å². The molecule has 5 rings (SSSR count). The van der Waals surface area contributed by atoms with Crippen LogP contribution >= 0.6 is 0 Å². The first-order valence-corrected chi connectivity index (χ1v) is 12.7. The highest BCUT2D eigenvalue weighted by Gasteiger charge is 2.70. The molecule has 0 aromatic heterocycles. The number of dihydropyridines is 1. The molecule has 4 aliphatic rings. The third kappa shape index (κ3) is 4.34. The quantitative estimate of drug-likeness (QED) is 0.628. The highest BCUT2D eigenvalue weighted by atomic mass is 19.4. The minimum atomic E-state index is -4.59. The average molecular weight is 490 g/mol. The molecule has 3 heterocycles. The van der Waals surface area contributed by atoms with Gasteiger partial charge in [-0.2, -0.15) is 13.2 Å². The van der Waals surface area contributed by atoms with Gasteiger partial charge in [-0.1, -0.05) is 49.2 Å². The summed E-state index contributed by atoms with van der Waals surface area (Å²) in [5.74, 6) is 0. The van der Waals surface area contributed by atoms with Crippen molar-refractivity contribution < 1.29 is 22.7 Å². The Morgan fingerprint density at radius 1 is 1.03 bits per heavy atom. The lowest BCUT2D eigenvalue weighted by Crippen LogP contribution is -2.79. The lowest BCUT2D eigenvalue weighted by molar-refractivity contribution is -0.248. The second-order valence-corrected chi connectivity index (χ2v) is 10.5. The number of rotatable bonds is 5. The number of halogens is 3. The molecule has 8 heteroatoms. The van der Waals surface area contributed by atoms with Crippen LogP contribution in [-0.4, -0.2) is 71.7 Å². The van der Waals surface area contributed by atoms with Gasteiger partial charge in [0.1, 0.15) is 0 Å². The van der Waals surface area contributed by atoms with Gasteiger partial charge in [0.2, 0.25) is 0 Å². The molecule has 1 aromatic rings. The van der Waals surface area contributed by atoms with E-state index in [1.807, 2.05) is 18.2 Å². The van der Waals surface area contributed by atoms with Crippen LogP contribution in [0.25, 0.3) is 0 Å². The van der Waals surface area contributed by atoms with Crippen LogP contribution in [0.5, 0.6) is 0 Å². The molecule has 2 unspecified atom stereocenters. The number of ether oxygens (including phenoxy) is 1. The predicted octanol–water partition coefficient (Wildman–Crippen LogP) is 4.21. The van der Waals surface area contributed by atoms with Gasteiger partial charge < -0.3 is 10.1 Å². The Bertz CT molecular complexity index is 966. The summed E-state index contributed by atoms with van der Waals surface area (Å²) >= 11 is 0. The monoisotopic (exact) mass is 489 g/mol. The number of piperazine rings is 1. The first-order valence-electron chi connectivity index (χ1n) is 12.7. The smallest absolute Gasteiger partial charge is 0.375 e. The van der Waals surface area contributed by atoms with E-state index in [-0.39, 0.29) is 18.7 Å². The molecular formula is C27H34F3N3O2. The average Bonchev–Trinajstić information content (AvgIpc) is 3.31. The van der Waals surface area contributed by atoms with Gasteiger partial charge in [-0.15, -0.1) is 0 Å². The third-order valence-corrected chi connectivity index (χ3v) is 8.55. The Labute approximate surface area is 205 Å². The first kappa shape index (κ1) is 24.5. The molecule has 0 bridgehead atoms. The van der Waals surface area contributed by atoms with E-state index in [4.69, 9.17) is 4.74 Å². The molecule has 0 amide bonds. The number of allylic oxidation sites excluding steroid dienone is 3. The Morgan fingerprint density at radius 2 is 1.74 bits per heavy atom. The molecule has 5 nitrogen and oxygen atoms in total. The fraction of sp³-hybridized carbons (Fsp3) is 0.593. The summed E-state index contributed by atoms with van der Waals surface area (Å²) in [5, 5.41) is 2.69. The Morgan fingerprint density at radius 3 is 2.40 bits per heavy atom. The molecule has 1 aliphatic carbocycles. The molecule has 2 saturated heterocycles. The number of carbonyl (C=O) groups excluding carboxylic acids is 1. The first-order chi connectivity index (χ1) is 16.8. The van der Waals surface area contributed by atoms with Crippen molar-refractivity contribution in [1.82, 2.24) is 15.1 Å². The van der Waals surface area contributed by atoms with Crippen molar-refractivity contribution in [3.05, 3.63) is 59.8 Å². The topological polar surface area (TPSA) is 44.8 Å². The normalized spacial score (nSPS) is 31.8.